The molecular formula is C15H19BrN2O2. The molecule has 0 radical (unpaired) electrons. The maximum Gasteiger partial charge on any atom is 0.240 e. The van der Waals surface area contributed by atoms with Gasteiger partial charge in [0.25, 0.3) is 0 Å². The van der Waals surface area contributed by atoms with E-state index in [9.17, 15) is 4.79 Å². The van der Waals surface area contributed by atoms with Crippen molar-refractivity contribution in [2.24, 2.45) is 11.7 Å². The molecule has 3 rings (SSSR count). The minimum Gasteiger partial charge on any atom is -0.493 e. The lowest BCUT2D eigenvalue weighted by molar-refractivity contribution is -0.126. The Bertz CT molecular complexity index is 553. The summed E-state index contributed by atoms with van der Waals surface area (Å²) in [7, 11) is 0. The molecule has 1 aliphatic carbocycles. The summed E-state index contributed by atoms with van der Waals surface area (Å²) in [5.74, 6) is 1.16. The molecule has 1 saturated carbocycles. The van der Waals surface area contributed by atoms with Crippen molar-refractivity contribution in [2.45, 2.75) is 38.3 Å². The van der Waals surface area contributed by atoms with E-state index in [-0.39, 0.29) is 5.91 Å². The summed E-state index contributed by atoms with van der Waals surface area (Å²) in [5.41, 5.74) is 7.57. The summed E-state index contributed by atoms with van der Waals surface area (Å²) in [4.78, 5) is 12.2. The van der Waals surface area contributed by atoms with Crippen molar-refractivity contribution < 1.29 is 9.53 Å². The SMILES string of the molecule is CC(N)(C(=O)NCc1cc(Br)cc2c1OCC2)C1CC1. The zero-order chi connectivity index (χ0) is 14.3. The Morgan fingerprint density at radius 3 is 3.00 bits per heavy atom. The molecular weight excluding hydrogens is 320 g/mol. The standard InChI is InChI=1S/C15H19BrN2O2/c1-15(17,11-2-3-11)14(19)18-8-10-7-12(16)6-9-4-5-20-13(9)10/h6-7,11H,2-5,8,17H2,1H3,(H,18,19). The predicted octanol–water partition coefficient (Wildman–Crippen LogP) is 2.13. The zero-order valence-corrected chi connectivity index (χ0v) is 13.1. The third-order valence-electron chi connectivity index (χ3n) is 4.18. The lowest BCUT2D eigenvalue weighted by Crippen LogP contribution is -2.53. The van der Waals surface area contributed by atoms with Crippen molar-refractivity contribution in [3.63, 3.8) is 0 Å². The first-order valence-corrected chi connectivity index (χ1v) is 7.79. The molecule has 1 aliphatic heterocycles. The van der Waals surface area contributed by atoms with E-state index in [1.54, 1.807) is 0 Å². The number of ether oxygens (including phenoxy) is 1. The van der Waals surface area contributed by atoms with Crippen LogP contribution in [0.3, 0.4) is 0 Å². The molecule has 1 aromatic carbocycles. The van der Waals surface area contributed by atoms with Gasteiger partial charge in [0.2, 0.25) is 5.91 Å². The Morgan fingerprint density at radius 1 is 1.55 bits per heavy atom. The maximum absolute atomic E-state index is 12.2. The molecule has 4 nitrogen and oxygen atoms in total. The molecule has 1 atom stereocenters. The second-order valence-corrected chi connectivity index (χ2v) is 6.81. The highest BCUT2D eigenvalue weighted by molar-refractivity contribution is 9.10. The summed E-state index contributed by atoms with van der Waals surface area (Å²) in [5, 5.41) is 2.95. The van der Waals surface area contributed by atoms with Crippen molar-refractivity contribution in [3.05, 3.63) is 27.7 Å². The average molecular weight is 339 g/mol. The van der Waals surface area contributed by atoms with E-state index in [0.29, 0.717) is 19.1 Å². The summed E-state index contributed by atoms with van der Waals surface area (Å²) in [6, 6.07) is 4.07. The number of hydrogen-bond acceptors (Lipinski definition) is 3. The molecule has 0 spiro atoms. The number of amides is 1. The number of halogens is 1. The fraction of sp³-hybridized carbons (Fsp3) is 0.533. The highest BCUT2D eigenvalue weighted by atomic mass is 79.9. The number of nitrogens with two attached hydrogens (primary N) is 1. The van der Waals surface area contributed by atoms with Gasteiger partial charge in [0, 0.05) is 23.0 Å². The molecule has 0 aromatic heterocycles. The van der Waals surface area contributed by atoms with Gasteiger partial charge < -0.3 is 15.8 Å². The molecule has 1 fully saturated rings. The minimum absolute atomic E-state index is 0.0771. The van der Waals surface area contributed by atoms with Crippen LogP contribution in [0.25, 0.3) is 0 Å². The number of carbonyl (C=O) groups excluding carboxylic acids is 1. The van der Waals surface area contributed by atoms with Crippen molar-refractivity contribution in [3.8, 4) is 5.75 Å². The summed E-state index contributed by atoms with van der Waals surface area (Å²) >= 11 is 3.50. The van der Waals surface area contributed by atoms with Crippen LogP contribution in [0.1, 0.15) is 30.9 Å². The van der Waals surface area contributed by atoms with Crippen LogP contribution in [0.4, 0.5) is 0 Å². The van der Waals surface area contributed by atoms with Crippen molar-refractivity contribution >= 4 is 21.8 Å². The number of rotatable bonds is 4. The fourth-order valence-electron chi connectivity index (χ4n) is 2.71. The third kappa shape index (κ3) is 2.56. The highest BCUT2D eigenvalue weighted by Gasteiger charge is 2.43. The Kier molecular flexibility index (Phi) is 3.50. The van der Waals surface area contributed by atoms with Crippen LogP contribution in [-0.4, -0.2) is 18.1 Å². The molecule has 5 heteroatoms. The quantitative estimate of drug-likeness (QED) is 0.883. The number of hydrogen-bond donors (Lipinski definition) is 2. The first-order chi connectivity index (χ1) is 9.48. The molecule has 3 N–H and O–H groups in total. The van der Waals surface area contributed by atoms with Gasteiger partial charge in [-0.2, -0.15) is 0 Å². The predicted molar refractivity (Wildman–Crippen MR) is 80.5 cm³/mol. The van der Waals surface area contributed by atoms with Gasteiger partial charge >= 0.3 is 0 Å². The van der Waals surface area contributed by atoms with Crippen LogP contribution in [0.5, 0.6) is 5.75 Å². The Labute approximate surface area is 127 Å². The van der Waals surface area contributed by atoms with Gasteiger partial charge in [-0.3, -0.25) is 4.79 Å². The van der Waals surface area contributed by atoms with Crippen LogP contribution in [0.15, 0.2) is 16.6 Å². The van der Waals surface area contributed by atoms with Gasteiger partial charge in [0.15, 0.2) is 0 Å². The summed E-state index contributed by atoms with van der Waals surface area (Å²) in [6.07, 6.45) is 3.03. The Morgan fingerprint density at radius 2 is 2.30 bits per heavy atom. The highest BCUT2D eigenvalue weighted by Crippen LogP contribution is 2.38. The third-order valence-corrected chi connectivity index (χ3v) is 4.64. The molecule has 1 heterocycles. The lowest BCUT2D eigenvalue weighted by Gasteiger charge is -2.23. The lowest BCUT2D eigenvalue weighted by atomic mass is 9.96. The van der Waals surface area contributed by atoms with Gasteiger partial charge in [-0.25, -0.2) is 0 Å². The van der Waals surface area contributed by atoms with Crippen LogP contribution in [0, 0.1) is 5.92 Å². The smallest absolute Gasteiger partial charge is 0.240 e. The monoisotopic (exact) mass is 338 g/mol. The van der Waals surface area contributed by atoms with E-state index < -0.39 is 5.54 Å². The second-order valence-electron chi connectivity index (χ2n) is 5.89. The number of nitrogens with one attached hydrogen (secondary N) is 1. The molecule has 0 bridgehead atoms. The Balaban J connectivity index is 1.71. The van der Waals surface area contributed by atoms with Crippen molar-refractivity contribution in [1.29, 1.82) is 0 Å². The van der Waals surface area contributed by atoms with Crippen LogP contribution >= 0.6 is 15.9 Å². The largest absolute Gasteiger partial charge is 0.493 e. The molecule has 1 aromatic rings. The van der Waals surface area contributed by atoms with E-state index in [4.69, 9.17) is 10.5 Å². The number of carbonyl (C=O) groups is 1. The van der Waals surface area contributed by atoms with E-state index in [1.807, 2.05) is 13.0 Å². The van der Waals surface area contributed by atoms with Crippen LogP contribution < -0.4 is 15.8 Å². The van der Waals surface area contributed by atoms with Crippen LogP contribution in [0.2, 0.25) is 0 Å². The molecule has 0 saturated heterocycles. The normalized spacial score (nSPS) is 19.9. The van der Waals surface area contributed by atoms with E-state index >= 15 is 0 Å². The van der Waals surface area contributed by atoms with Crippen molar-refractivity contribution in [1.82, 2.24) is 5.32 Å². The van der Waals surface area contributed by atoms with E-state index in [2.05, 4.69) is 27.3 Å². The summed E-state index contributed by atoms with van der Waals surface area (Å²) < 4.78 is 6.68. The zero-order valence-electron chi connectivity index (χ0n) is 11.5. The van der Waals surface area contributed by atoms with Gasteiger partial charge in [-0.15, -0.1) is 0 Å². The Hall–Kier alpha value is -1.07. The minimum atomic E-state index is -0.754. The van der Waals surface area contributed by atoms with E-state index in [0.717, 1.165) is 35.0 Å². The number of benzene rings is 1. The van der Waals surface area contributed by atoms with Crippen LogP contribution in [-0.2, 0) is 17.8 Å². The first-order valence-electron chi connectivity index (χ1n) is 7.00. The number of fused-ring (bicyclic) bond motifs is 1. The maximum atomic E-state index is 12.2. The van der Waals surface area contributed by atoms with Crippen molar-refractivity contribution in [2.75, 3.05) is 6.61 Å². The average Bonchev–Trinajstić information content (AvgIpc) is 3.15. The molecule has 108 valence electrons. The topological polar surface area (TPSA) is 64.4 Å². The summed E-state index contributed by atoms with van der Waals surface area (Å²) in [6.45, 7) is 2.99. The molecule has 20 heavy (non-hydrogen) atoms. The van der Waals surface area contributed by atoms with Gasteiger partial charge in [-0.1, -0.05) is 15.9 Å². The van der Waals surface area contributed by atoms with Gasteiger partial charge in [0.05, 0.1) is 12.1 Å². The molecule has 1 unspecified atom stereocenters. The fourth-order valence-corrected chi connectivity index (χ4v) is 3.26. The molecule has 2 aliphatic rings. The second kappa shape index (κ2) is 5.04. The molecule has 1 amide bonds. The van der Waals surface area contributed by atoms with Gasteiger partial charge in [-0.05, 0) is 43.4 Å². The van der Waals surface area contributed by atoms with E-state index in [1.165, 1.54) is 5.56 Å². The van der Waals surface area contributed by atoms with Gasteiger partial charge in [0.1, 0.15) is 5.75 Å². The first kappa shape index (κ1) is 13.9.